The molecule has 0 aromatic carbocycles. The van der Waals surface area contributed by atoms with Gasteiger partial charge in [0.25, 0.3) is 0 Å². The van der Waals surface area contributed by atoms with Crippen LogP contribution in [0.1, 0.15) is 27.2 Å². The average Bonchev–Trinajstić information content (AvgIpc) is 2.24. The van der Waals surface area contributed by atoms with Gasteiger partial charge in [-0.3, -0.25) is 0 Å². The molecule has 1 unspecified atom stereocenters. The Morgan fingerprint density at radius 3 is 2.39 bits per heavy atom. The summed E-state index contributed by atoms with van der Waals surface area (Å²) in [6.07, 6.45) is -1.46. The quantitative estimate of drug-likeness (QED) is 0.568. The summed E-state index contributed by atoms with van der Waals surface area (Å²) in [5, 5.41) is 12.0. The number of aliphatic hydroxyl groups is 1. The van der Waals surface area contributed by atoms with Crippen LogP contribution in [0.3, 0.4) is 0 Å². The molecule has 0 aromatic rings. The van der Waals surface area contributed by atoms with Gasteiger partial charge in [-0.15, -0.1) is 0 Å². The molecular weight excluding hydrogens is 238 g/mol. The molecule has 0 saturated heterocycles. The molecule has 0 heterocycles. The molecule has 0 aliphatic heterocycles. The van der Waals surface area contributed by atoms with E-state index < -0.39 is 23.8 Å². The van der Waals surface area contributed by atoms with Gasteiger partial charge in [-0.2, -0.15) is 0 Å². The summed E-state index contributed by atoms with van der Waals surface area (Å²) in [4.78, 5) is 22.3. The number of hydrogen-bond donors (Lipinski definition) is 2. The number of alkyl carbamates (subject to hydrolysis) is 1. The largest absolute Gasteiger partial charge is 0.466 e. The van der Waals surface area contributed by atoms with Crippen molar-refractivity contribution >= 4 is 12.1 Å². The number of carbonyl (C=O) groups is 2. The fourth-order valence-electron chi connectivity index (χ4n) is 1.07. The summed E-state index contributed by atoms with van der Waals surface area (Å²) in [6, 6.07) is 0. The van der Waals surface area contributed by atoms with Gasteiger partial charge in [-0.25, -0.2) is 9.59 Å². The summed E-state index contributed by atoms with van der Waals surface area (Å²) < 4.78 is 9.42. The predicted octanol–water partition coefficient (Wildman–Crippen LogP) is 0.991. The molecule has 0 fully saturated rings. The van der Waals surface area contributed by atoms with Crippen LogP contribution in [-0.4, -0.2) is 42.5 Å². The van der Waals surface area contributed by atoms with Gasteiger partial charge in [0.05, 0.1) is 18.8 Å². The summed E-state index contributed by atoms with van der Waals surface area (Å²) >= 11 is 0. The molecule has 18 heavy (non-hydrogen) atoms. The smallest absolute Gasteiger partial charge is 0.407 e. The van der Waals surface area contributed by atoms with E-state index in [1.165, 1.54) is 7.11 Å². The van der Waals surface area contributed by atoms with E-state index in [1.807, 2.05) is 0 Å². The van der Waals surface area contributed by atoms with Crippen LogP contribution < -0.4 is 5.32 Å². The van der Waals surface area contributed by atoms with Crippen molar-refractivity contribution in [1.29, 1.82) is 0 Å². The van der Waals surface area contributed by atoms with Crippen molar-refractivity contribution in [2.24, 2.45) is 0 Å². The van der Waals surface area contributed by atoms with Crippen LogP contribution in [0.5, 0.6) is 0 Å². The van der Waals surface area contributed by atoms with Gasteiger partial charge in [0.15, 0.2) is 0 Å². The lowest BCUT2D eigenvalue weighted by atomic mass is 10.1. The number of rotatable bonds is 5. The molecule has 0 rings (SSSR count). The topological polar surface area (TPSA) is 84.9 Å². The second kappa shape index (κ2) is 7.00. The maximum Gasteiger partial charge on any atom is 0.407 e. The Labute approximate surface area is 107 Å². The number of amides is 1. The van der Waals surface area contributed by atoms with Gasteiger partial charge in [0.2, 0.25) is 0 Å². The van der Waals surface area contributed by atoms with Crippen molar-refractivity contribution in [1.82, 2.24) is 5.32 Å². The van der Waals surface area contributed by atoms with Crippen molar-refractivity contribution in [2.45, 2.75) is 38.9 Å². The Kier molecular flexibility index (Phi) is 6.40. The Bertz CT molecular complexity index is 319. The third kappa shape index (κ3) is 6.90. The normalized spacial score (nSPS) is 12.5. The molecule has 1 amide bonds. The summed E-state index contributed by atoms with van der Waals surface area (Å²) in [6.45, 7) is 8.84. The number of aliphatic hydroxyl groups excluding tert-OH is 1. The number of nitrogens with one attached hydrogen (secondary N) is 1. The van der Waals surface area contributed by atoms with Crippen molar-refractivity contribution in [3.8, 4) is 0 Å². The van der Waals surface area contributed by atoms with Crippen molar-refractivity contribution < 1.29 is 24.2 Å². The molecule has 0 aliphatic rings. The molecule has 0 saturated carbocycles. The molecule has 104 valence electrons. The minimum atomic E-state index is -1.05. The van der Waals surface area contributed by atoms with Gasteiger partial charge < -0.3 is 19.9 Å². The molecule has 2 N–H and O–H groups in total. The second-order valence-electron chi connectivity index (χ2n) is 4.75. The molecule has 1 atom stereocenters. The van der Waals surface area contributed by atoms with Gasteiger partial charge in [-0.05, 0) is 27.2 Å². The molecule has 6 nitrogen and oxygen atoms in total. The predicted molar refractivity (Wildman–Crippen MR) is 66.0 cm³/mol. The lowest BCUT2D eigenvalue weighted by molar-refractivity contribution is -0.137. The van der Waals surface area contributed by atoms with Crippen LogP contribution in [0, 0.1) is 0 Å². The van der Waals surface area contributed by atoms with Crippen LogP contribution in [0.15, 0.2) is 12.2 Å². The molecule has 0 aliphatic carbocycles. The minimum absolute atomic E-state index is 0.0384. The van der Waals surface area contributed by atoms with Crippen molar-refractivity contribution in [3.05, 3.63) is 12.2 Å². The van der Waals surface area contributed by atoms with E-state index in [1.54, 1.807) is 20.8 Å². The monoisotopic (exact) mass is 259 g/mol. The maximum atomic E-state index is 11.3. The first-order chi connectivity index (χ1) is 8.17. The van der Waals surface area contributed by atoms with E-state index in [-0.39, 0.29) is 18.5 Å². The van der Waals surface area contributed by atoms with Crippen LogP contribution in [-0.2, 0) is 14.3 Å². The SMILES string of the molecule is C=C(C(=O)OC)C(O)CCNC(=O)OC(C)(C)C. The summed E-state index contributed by atoms with van der Waals surface area (Å²) in [5.74, 6) is -0.667. The Hall–Kier alpha value is -1.56. The lowest BCUT2D eigenvalue weighted by Crippen LogP contribution is -2.34. The van der Waals surface area contributed by atoms with E-state index in [9.17, 15) is 14.7 Å². The highest BCUT2D eigenvalue weighted by Gasteiger charge is 2.18. The van der Waals surface area contributed by atoms with Crippen molar-refractivity contribution in [2.75, 3.05) is 13.7 Å². The third-order valence-electron chi connectivity index (χ3n) is 1.94. The zero-order valence-corrected chi connectivity index (χ0v) is 11.3. The average molecular weight is 259 g/mol. The maximum absolute atomic E-state index is 11.3. The summed E-state index contributed by atoms with van der Waals surface area (Å²) in [7, 11) is 1.21. The number of carbonyl (C=O) groups excluding carboxylic acids is 2. The van der Waals surface area contributed by atoms with Gasteiger partial charge >= 0.3 is 12.1 Å². The standard InChI is InChI=1S/C12H21NO5/c1-8(10(15)17-5)9(14)6-7-13-11(16)18-12(2,3)4/h9,14H,1,6-7H2,2-5H3,(H,13,16). The Morgan fingerprint density at radius 1 is 1.39 bits per heavy atom. The first-order valence-electron chi connectivity index (χ1n) is 5.59. The summed E-state index contributed by atoms with van der Waals surface area (Å²) in [5.41, 5.74) is -0.610. The highest BCUT2D eigenvalue weighted by atomic mass is 16.6. The van der Waals surface area contributed by atoms with E-state index in [0.29, 0.717) is 0 Å². The van der Waals surface area contributed by atoms with Crippen LogP contribution in [0.25, 0.3) is 0 Å². The zero-order valence-electron chi connectivity index (χ0n) is 11.3. The fourth-order valence-corrected chi connectivity index (χ4v) is 1.07. The van der Waals surface area contributed by atoms with Gasteiger partial charge in [0, 0.05) is 6.54 Å². The van der Waals surface area contributed by atoms with E-state index in [4.69, 9.17) is 4.74 Å². The number of methoxy groups -OCH3 is 1. The fraction of sp³-hybridized carbons (Fsp3) is 0.667. The Morgan fingerprint density at radius 2 is 1.94 bits per heavy atom. The van der Waals surface area contributed by atoms with E-state index >= 15 is 0 Å². The molecule has 0 bridgehead atoms. The number of esters is 1. The van der Waals surface area contributed by atoms with Crippen molar-refractivity contribution in [3.63, 3.8) is 0 Å². The first kappa shape index (κ1) is 16.4. The number of ether oxygens (including phenoxy) is 2. The second-order valence-corrected chi connectivity index (χ2v) is 4.75. The first-order valence-corrected chi connectivity index (χ1v) is 5.59. The number of hydrogen-bond acceptors (Lipinski definition) is 5. The molecule has 0 aromatic heterocycles. The van der Waals surface area contributed by atoms with Crippen LogP contribution >= 0.6 is 0 Å². The van der Waals surface area contributed by atoms with E-state index in [2.05, 4.69) is 16.6 Å². The van der Waals surface area contributed by atoms with Crippen LogP contribution in [0.2, 0.25) is 0 Å². The third-order valence-corrected chi connectivity index (χ3v) is 1.94. The molecule has 0 radical (unpaired) electrons. The minimum Gasteiger partial charge on any atom is -0.466 e. The molecular formula is C12H21NO5. The van der Waals surface area contributed by atoms with E-state index in [0.717, 1.165) is 0 Å². The lowest BCUT2D eigenvalue weighted by Gasteiger charge is -2.20. The van der Waals surface area contributed by atoms with Crippen LogP contribution in [0.4, 0.5) is 4.79 Å². The Balaban J connectivity index is 3.95. The highest BCUT2D eigenvalue weighted by molar-refractivity contribution is 5.88. The highest BCUT2D eigenvalue weighted by Crippen LogP contribution is 2.07. The molecule has 0 spiro atoms. The zero-order chi connectivity index (χ0) is 14.3. The molecule has 6 heteroatoms. The van der Waals surface area contributed by atoms with Gasteiger partial charge in [-0.1, -0.05) is 6.58 Å². The van der Waals surface area contributed by atoms with Gasteiger partial charge in [0.1, 0.15) is 5.60 Å².